The third-order valence-electron chi connectivity index (χ3n) is 3.08. The largest absolute Gasteiger partial charge is 0.396 e. The third-order valence-corrected chi connectivity index (χ3v) is 4.89. The van der Waals surface area contributed by atoms with Gasteiger partial charge in [0.15, 0.2) is 0 Å². The van der Waals surface area contributed by atoms with E-state index in [9.17, 15) is 8.42 Å². The smallest absolute Gasteiger partial charge is 0.218 e. The van der Waals surface area contributed by atoms with Gasteiger partial charge in [-0.2, -0.15) is 5.26 Å². The first-order valence-electron chi connectivity index (χ1n) is 6.54. The van der Waals surface area contributed by atoms with Gasteiger partial charge in [-0.05, 0) is 30.9 Å². The number of hydrogen-bond donors (Lipinski definition) is 1. The number of aliphatic hydroxyl groups excluding tert-OH is 1. The number of nitrogens with zero attached hydrogens (tertiary/aromatic N) is 2. The van der Waals surface area contributed by atoms with Crippen molar-refractivity contribution in [2.45, 2.75) is 25.0 Å². The highest BCUT2D eigenvalue weighted by Crippen LogP contribution is 2.14. The van der Waals surface area contributed by atoms with E-state index in [1.54, 1.807) is 31.3 Å². The molecule has 0 unspecified atom stereocenters. The summed E-state index contributed by atoms with van der Waals surface area (Å²) >= 11 is 0. The first kappa shape index (κ1) is 16.6. The van der Waals surface area contributed by atoms with Crippen LogP contribution >= 0.6 is 0 Å². The van der Waals surface area contributed by atoms with Crippen molar-refractivity contribution >= 4 is 10.0 Å². The minimum absolute atomic E-state index is 0.131. The van der Waals surface area contributed by atoms with Gasteiger partial charge in [-0.3, -0.25) is 0 Å². The van der Waals surface area contributed by atoms with Crippen molar-refractivity contribution < 1.29 is 13.5 Å². The molecule has 1 aromatic carbocycles. The van der Waals surface area contributed by atoms with Gasteiger partial charge in [0.1, 0.15) is 0 Å². The van der Waals surface area contributed by atoms with Gasteiger partial charge in [-0.25, -0.2) is 12.7 Å². The summed E-state index contributed by atoms with van der Waals surface area (Å²) in [5.74, 6) is -0.159. The van der Waals surface area contributed by atoms with Gasteiger partial charge in [0.05, 0.1) is 17.4 Å². The molecular formula is C14H20N2O3S. The Kier molecular flexibility index (Phi) is 6.65. The van der Waals surface area contributed by atoms with Crippen LogP contribution in [0.2, 0.25) is 0 Å². The topological polar surface area (TPSA) is 81.4 Å². The zero-order chi connectivity index (χ0) is 15.0. The molecule has 0 spiro atoms. The van der Waals surface area contributed by atoms with Gasteiger partial charge in [0, 0.05) is 20.2 Å². The van der Waals surface area contributed by atoms with Crippen LogP contribution in [0.15, 0.2) is 24.3 Å². The molecule has 0 aliphatic rings. The first-order chi connectivity index (χ1) is 9.51. The molecule has 0 fully saturated rings. The summed E-state index contributed by atoms with van der Waals surface area (Å²) in [5.41, 5.74) is 0.918. The van der Waals surface area contributed by atoms with Gasteiger partial charge in [0.25, 0.3) is 0 Å². The lowest BCUT2D eigenvalue weighted by atomic mass is 10.1. The highest BCUT2D eigenvalue weighted by Gasteiger charge is 2.19. The summed E-state index contributed by atoms with van der Waals surface area (Å²) < 4.78 is 25.7. The van der Waals surface area contributed by atoms with Crippen molar-refractivity contribution in [1.29, 1.82) is 5.26 Å². The van der Waals surface area contributed by atoms with Crippen LogP contribution in [0.25, 0.3) is 0 Å². The number of nitriles is 1. The maximum Gasteiger partial charge on any atom is 0.218 e. The molecule has 6 heteroatoms. The minimum atomic E-state index is -3.41. The van der Waals surface area contributed by atoms with E-state index in [-0.39, 0.29) is 12.4 Å². The standard InChI is InChI=1S/C14H20N2O3S/c1-16(9-5-2-6-10-17)20(18,19)12-14-8-4-3-7-13(14)11-15/h3-4,7-8,17H,2,5-6,9-10,12H2,1H3. The Morgan fingerprint density at radius 2 is 1.95 bits per heavy atom. The number of sulfonamides is 1. The Labute approximate surface area is 120 Å². The van der Waals surface area contributed by atoms with Crippen LogP contribution in [0, 0.1) is 11.3 Å². The van der Waals surface area contributed by atoms with Gasteiger partial charge in [0.2, 0.25) is 10.0 Å². The number of rotatable bonds is 8. The Bertz CT molecular complexity index is 564. The fourth-order valence-electron chi connectivity index (χ4n) is 1.82. The number of benzene rings is 1. The first-order valence-corrected chi connectivity index (χ1v) is 8.15. The van der Waals surface area contributed by atoms with Crippen LogP contribution in [0.4, 0.5) is 0 Å². The Hall–Kier alpha value is -1.42. The molecule has 0 radical (unpaired) electrons. The van der Waals surface area contributed by atoms with Crippen LogP contribution in [-0.2, 0) is 15.8 Å². The molecule has 0 bridgehead atoms. The molecule has 20 heavy (non-hydrogen) atoms. The molecule has 0 saturated heterocycles. The molecule has 0 amide bonds. The average molecular weight is 296 g/mol. The zero-order valence-electron chi connectivity index (χ0n) is 11.6. The number of hydrogen-bond acceptors (Lipinski definition) is 4. The predicted octanol–water partition coefficient (Wildman–Crippen LogP) is 1.48. The molecule has 1 aromatic rings. The molecular weight excluding hydrogens is 276 g/mol. The van der Waals surface area contributed by atoms with Crippen molar-refractivity contribution in [3.05, 3.63) is 35.4 Å². The summed E-state index contributed by atoms with van der Waals surface area (Å²) in [7, 11) is -1.87. The van der Waals surface area contributed by atoms with E-state index >= 15 is 0 Å². The minimum Gasteiger partial charge on any atom is -0.396 e. The normalized spacial score (nSPS) is 11.5. The van der Waals surface area contributed by atoms with E-state index in [2.05, 4.69) is 0 Å². The summed E-state index contributed by atoms with van der Waals surface area (Å²) in [4.78, 5) is 0. The Balaban J connectivity index is 2.67. The highest BCUT2D eigenvalue weighted by molar-refractivity contribution is 7.88. The second kappa shape index (κ2) is 8.00. The van der Waals surface area contributed by atoms with E-state index in [0.29, 0.717) is 24.1 Å². The molecule has 1 rings (SSSR count). The lowest BCUT2D eigenvalue weighted by Crippen LogP contribution is -2.29. The van der Waals surface area contributed by atoms with Gasteiger partial charge in [-0.1, -0.05) is 18.2 Å². The molecule has 1 N–H and O–H groups in total. The lowest BCUT2D eigenvalue weighted by Gasteiger charge is -2.17. The second-order valence-corrected chi connectivity index (χ2v) is 6.71. The number of unbranched alkanes of at least 4 members (excludes halogenated alkanes) is 2. The summed E-state index contributed by atoms with van der Waals surface area (Å²) in [5, 5.41) is 17.7. The molecule has 0 atom stereocenters. The van der Waals surface area contributed by atoms with Crippen LogP contribution in [0.1, 0.15) is 30.4 Å². The van der Waals surface area contributed by atoms with E-state index in [1.807, 2.05) is 6.07 Å². The Morgan fingerprint density at radius 3 is 2.60 bits per heavy atom. The van der Waals surface area contributed by atoms with Gasteiger partial charge < -0.3 is 5.11 Å². The fourth-order valence-corrected chi connectivity index (χ4v) is 3.10. The molecule has 0 heterocycles. The van der Waals surface area contributed by atoms with Crippen LogP contribution in [0.5, 0.6) is 0 Å². The zero-order valence-corrected chi connectivity index (χ0v) is 12.4. The van der Waals surface area contributed by atoms with Crippen molar-refractivity contribution in [3.8, 4) is 6.07 Å². The van der Waals surface area contributed by atoms with E-state index < -0.39 is 10.0 Å². The monoisotopic (exact) mass is 296 g/mol. The number of aliphatic hydroxyl groups is 1. The molecule has 110 valence electrons. The van der Waals surface area contributed by atoms with Gasteiger partial charge in [-0.15, -0.1) is 0 Å². The third kappa shape index (κ3) is 4.93. The summed E-state index contributed by atoms with van der Waals surface area (Å²) in [6.07, 6.45) is 2.20. The SMILES string of the molecule is CN(CCCCCO)S(=O)(=O)Cc1ccccc1C#N. The second-order valence-electron chi connectivity index (χ2n) is 4.63. The Morgan fingerprint density at radius 1 is 1.25 bits per heavy atom. The average Bonchev–Trinajstić information content (AvgIpc) is 2.43. The summed E-state index contributed by atoms with van der Waals surface area (Å²) in [6, 6.07) is 8.73. The predicted molar refractivity (Wildman–Crippen MR) is 77.3 cm³/mol. The quantitative estimate of drug-likeness (QED) is 0.737. The van der Waals surface area contributed by atoms with Gasteiger partial charge >= 0.3 is 0 Å². The van der Waals surface area contributed by atoms with Crippen molar-refractivity contribution in [1.82, 2.24) is 4.31 Å². The van der Waals surface area contributed by atoms with Crippen molar-refractivity contribution in [3.63, 3.8) is 0 Å². The van der Waals surface area contributed by atoms with Crippen LogP contribution in [0.3, 0.4) is 0 Å². The maximum absolute atomic E-state index is 12.2. The molecule has 0 aliphatic heterocycles. The maximum atomic E-state index is 12.2. The van der Waals surface area contributed by atoms with Crippen molar-refractivity contribution in [2.24, 2.45) is 0 Å². The molecule has 0 aliphatic carbocycles. The lowest BCUT2D eigenvalue weighted by molar-refractivity contribution is 0.281. The highest BCUT2D eigenvalue weighted by atomic mass is 32.2. The summed E-state index contributed by atoms with van der Waals surface area (Å²) in [6.45, 7) is 0.559. The molecule has 5 nitrogen and oxygen atoms in total. The van der Waals surface area contributed by atoms with E-state index in [4.69, 9.17) is 10.4 Å². The van der Waals surface area contributed by atoms with Crippen LogP contribution < -0.4 is 0 Å². The van der Waals surface area contributed by atoms with E-state index in [1.165, 1.54) is 4.31 Å². The fraction of sp³-hybridized carbons (Fsp3) is 0.500. The van der Waals surface area contributed by atoms with Crippen molar-refractivity contribution in [2.75, 3.05) is 20.2 Å². The molecule has 0 saturated carbocycles. The van der Waals surface area contributed by atoms with E-state index in [0.717, 1.165) is 12.8 Å². The molecule has 0 aromatic heterocycles. The van der Waals surface area contributed by atoms with Crippen LogP contribution in [-0.4, -0.2) is 38.0 Å².